The summed E-state index contributed by atoms with van der Waals surface area (Å²) < 4.78 is 24.1. The van der Waals surface area contributed by atoms with Gasteiger partial charge in [0, 0.05) is 12.8 Å². The monoisotopic (exact) mass is 396 g/mol. The molecule has 0 amide bonds. The third-order valence-electron chi connectivity index (χ3n) is 8.86. The summed E-state index contributed by atoms with van der Waals surface area (Å²) in [6.07, 6.45) is 6.26. The van der Waals surface area contributed by atoms with Crippen LogP contribution in [0.5, 0.6) is 0 Å². The van der Waals surface area contributed by atoms with Crippen LogP contribution in [0.15, 0.2) is 0 Å². The number of hydrogen-bond donors (Lipinski definition) is 1. The van der Waals surface area contributed by atoms with Gasteiger partial charge in [-0.1, -0.05) is 27.7 Å². The van der Waals surface area contributed by atoms with E-state index in [1.807, 2.05) is 6.92 Å². The summed E-state index contributed by atoms with van der Waals surface area (Å²) in [5, 5.41) is 10.7. The van der Waals surface area contributed by atoms with Crippen LogP contribution in [-0.2, 0) is 18.9 Å². The van der Waals surface area contributed by atoms with Gasteiger partial charge in [0.2, 0.25) is 0 Å². The molecular formula is C23H40O5. The molecule has 162 valence electrons. The zero-order valence-corrected chi connectivity index (χ0v) is 18.4. The van der Waals surface area contributed by atoms with Crippen LogP contribution in [0.1, 0.15) is 79.6 Å². The number of ether oxygens (including phenoxy) is 4. The van der Waals surface area contributed by atoms with Crippen LogP contribution in [0, 0.1) is 22.7 Å². The predicted octanol–water partition coefficient (Wildman–Crippen LogP) is 4.26. The maximum Gasteiger partial charge on any atom is 0.165 e. The summed E-state index contributed by atoms with van der Waals surface area (Å²) in [6, 6.07) is 0. The van der Waals surface area contributed by atoms with Crippen molar-refractivity contribution in [3.05, 3.63) is 0 Å². The van der Waals surface area contributed by atoms with E-state index in [2.05, 4.69) is 27.7 Å². The number of hydrogen-bond acceptors (Lipinski definition) is 5. The Labute approximate surface area is 170 Å². The highest BCUT2D eigenvalue weighted by molar-refractivity contribution is 5.16. The zero-order chi connectivity index (χ0) is 20.2. The molecule has 2 aliphatic carbocycles. The standard InChI is InChI=1S/C23H40O5/c1-6-18(17(24)8-7-10-23(5)25-12-13-26-23)27-19-14-15-16-9-11-22(4,20(15)28-19)21(16,2)3/h15-20,24H,6-14H2,1-5H3/t15-,16+,17-,18+,19-,20-,22-/m0/s1. The Balaban J connectivity index is 1.28. The number of aliphatic hydroxyl groups excluding tert-OH is 1. The molecule has 5 nitrogen and oxygen atoms in total. The lowest BCUT2D eigenvalue weighted by Crippen LogP contribution is -2.39. The van der Waals surface area contributed by atoms with Crippen molar-refractivity contribution < 1.29 is 24.1 Å². The lowest BCUT2D eigenvalue weighted by molar-refractivity contribution is -0.204. The van der Waals surface area contributed by atoms with Crippen LogP contribution >= 0.6 is 0 Å². The van der Waals surface area contributed by atoms with Gasteiger partial charge in [-0.15, -0.1) is 0 Å². The molecule has 7 atom stereocenters. The van der Waals surface area contributed by atoms with Gasteiger partial charge in [0.15, 0.2) is 12.1 Å². The molecule has 0 unspecified atom stereocenters. The van der Waals surface area contributed by atoms with E-state index in [4.69, 9.17) is 18.9 Å². The van der Waals surface area contributed by atoms with Crippen molar-refractivity contribution in [3.63, 3.8) is 0 Å². The SMILES string of the molecule is CC[C@@H](O[C@@H]1C[C@H]2[C@H]3CC[C@@](C)([C@H]2O1)C3(C)C)[C@@H](O)CCCC1(C)OCCO1. The molecule has 2 bridgehead atoms. The molecule has 28 heavy (non-hydrogen) atoms. The summed E-state index contributed by atoms with van der Waals surface area (Å²) in [5.74, 6) is 0.883. The minimum absolute atomic E-state index is 0.162. The van der Waals surface area contributed by atoms with Crippen molar-refractivity contribution in [2.75, 3.05) is 13.2 Å². The Kier molecular flexibility index (Phi) is 5.63. The molecule has 2 saturated carbocycles. The predicted molar refractivity (Wildman–Crippen MR) is 107 cm³/mol. The fraction of sp³-hybridized carbons (Fsp3) is 1.00. The molecule has 2 aliphatic heterocycles. The average Bonchev–Trinajstić information content (AvgIpc) is 3.34. The van der Waals surface area contributed by atoms with Crippen LogP contribution in [0.2, 0.25) is 0 Å². The van der Waals surface area contributed by atoms with Crippen molar-refractivity contribution >= 4 is 0 Å². The van der Waals surface area contributed by atoms with E-state index >= 15 is 0 Å². The largest absolute Gasteiger partial charge is 0.390 e. The maximum atomic E-state index is 10.7. The van der Waals surface area contributed by atoms with Crippen LogP contribution in [-0.4, -0.2) is 48.7 Å². The summed E-state index contributed by atoms with van der Waals surface area (Å²) >= 11 is 0. The molecule has 0 radical (unpaired) electrons. The number of rotatable bonds is 8. The second-order valence-corrected chi connectivity index (χ2v) is 10.5. The first-order chi connectivity index (χ1) is 13.2. The Morgan fingerprint density at radius 1 is 1.14 bits per heavy atom. The average molecular weight is 397 g/mol. The van der Waals surface area contributed by atoms with Crippen molar-refractivity contribution in [2.45, 2.75) is 110 Å². The van der Waals surface area contributed by atoms with Gasteiger partial charge in [0.05, 0.1) is 31.5 Å². The molecule has 0 aromatic carbocycles. The third kappa shape index (κ3) is 3.35. The van der Waals surface area contributed by atoms with Crippen molar-refractivity contribution in [1.29, 1.82) is 0 Å². The van der Waals surface area contributed by atoms with Crippen molar-refractivity contribution in [3.8, 4) is 0 Å². The van der Waals surface area contributed by atoms with Crippen LogP contribution in [0.25, 0.3) is 0 Å². The molecule has 0 aromatic rings. The zero-order valence-electron chi connectivity index (χ0n) is 18.4. The fourth-order valence-corrected chi connectivity index (χ4v) is 6.74. The van der Waals surface area contributed by atoms with Gasteiger partial charge in [-0.2, -0.15) is 0 Å². The molecule has 5 heteroatoms. The molecular weight excluding hydrogens is 356 g/mol. The van der Waals surface area contributed by atoms with Crippen LogP contribution in [0.4, 0.5) is 0 Å². The summed E-state index contributed by atoms with van der Waals surface area (Å²) in [7, 11) is 0. The highest BCUT2D eigenvalue weighted by atomic mass is 16.7. The quantitative estimate of drug-likeness (QED) is 0.664. The minimum atomic E-state index is -0.476. The molecule has 1 N–H and O–H groups in total. The first-order valence-electron chi connectivity index (χ1n) is 11.5. The molecule has 4 aliphatic rings. The van der Waals surface area contributed by atoms with E-state index < -0.39 is 11.9 Å². The van der Waals surface area contributed by atoms with Crippen LogP contribution in [0.3, 0.4) is 0 Å². The normalized spacial score (nSPS) is 42.6. The van der Waals surface area contributed by atoms with E-state index in [0.717, 1.165) is 31.6 Å². The lowest BCUT2D eigenvalue weighted by Gasteiger charge is -2.39. The summed E-state index contributed by atoms with van der Waals surface area (Å²) in [6.45, 7) is 12.7. The van der Waals surface area contributed by atoms with Crippen molar-refractivity contribution in [2.24, 2.45) is 22.7 Å². The first-order valence-corrected chi connectivity index (χ1v) is 11.5. The van der Waals surface area contributed by atoms with Gasteiger partial charge in [-0.05, 0) is 61.7 Å². The maximum absolute atomic E-state index is 10.7. The summed E-state index contributed by atoms with van der Waals surface area (Å²) in [4.78, 5) is 0. The van der Waals surface area contributed by atoms with Gasteiger partial charge < -0.3 is 24.1 Å². The van der Waals surface area contributed by atoms with Gasteiger partial charge in [0.25, 0.3) is 0 Å². The highest BCUT2D eigenvalue weighted by Crippen LogP contribution is 2.71. The Morgan fingerprint density at radius 2 is 1.86 bits per heavy atom. The Hall–Kier alpha value is -0.200. The molecule has 2 heterocycles. The second-order valence-electron chi connectivity index (χ2n) is 10.5. The topological polar surface area (TPSA) is 57.2 Å². The second kappa shape index (κ2) is 7.49. The van der Waals surface area contributed by atoms with Gasteiger partial charge >= 0.3 is 0 Å². The highest BCUT2D eigenvalue weighted by Gasteiger charge is 2.69. The Morgan fingerprint density at radius 3 is 2.50 bits per heavy atom. The number of aliphatic hydroxyl groups is 1. The van der Waals surface area contributed by atoms with Gasteiger partial charge in [-0.3, -0.25) is 0 Å². The van der Waals surface area contributed by atoms with Gasteiger partial charge in [-0.25, -0.2) is 0 Å². The number of fused-ring (bicyclic) bond motifs is 5. The van der Waals surface area contributed by atoms with E-state index in [-0.39, 0.29) is 17.8 Å². The Bertz CT molecular complexity index is 557. The van der Waals surface area contributed by atoms with Crippen molar-refractivity contribution in [1.82, 2.24) is 0 Å². The lowest BCUT2D eigenvalue weighted by atomic mass is 9.70. The van der Waals surface area contributed by atoms with Crippen LogP contribution < -0.4 is 0 Å². The first kappa shape index (κ1) is 21.0. The molecule has 0 spiro atoms. The van der Waals surface area contributed by atoms with E-state index in [1.165, 1.54) is 12.8 Å². The van der Waals surface area contributed by atoms with E-state index in [1.54, 1.807) is 0 Å². The minimum Gasteiger partial charge on any atom is -0.390 e. The van der Waals surface area contributed by atoms with E-state index in [9.17, 15) is 5.11 Å². The smallest absolute Gasteiger partial charge is 0.165 e. The summed E-state index contributed by atoms with van der Waals surface area (Å²) in [5.41, 5.74) is 0.620. The molecule has 4 fully saturated rings. The van der Waals surface area contributed by atoms with Gasteiger partial charge in [0.1, 0.15) is 0 Å². The third-order valence-corrected chi connectivity index (χ3v) is 8.86. The molecule has 2 saturated heterocycles. The molecule has 0 aromatic heterocycles. The fourth-order valence-electron chi connectivity index (χ4n) is 6.74. The molecule has 4 rings (SSSR count). The van der Waals surface area contributed by atoms with E-state index in [0.29, 0.717) is 37.1 Å².